The number of anilines is 1. The molecule has 0 amide bonds. The maximum atomic E-state index is 5.99. The molecule has 0 fully saturated rings. The second-order valence-electron chi connectivity index (χ2n) is 4.24. The van der Waals surface area contributed by atoms with Gasteiger partial charge in [0.25, 0.3) is 0 Å². The van der Waals surface area contributed by atoms with Gasteiger partial charge in [0, 0.05) is 30.0 Å². The van der Waals surface area contributed by atoms with Crippen LogP contribution in [0.3, 0.4) is 0 Å². The summed E-state index contributed by atoms with van der Waals surface area (Å²) in [6, 6.07) is 14.1. The third-order valence-electron chi connectivity index (χ3n) is 2.88. The van der Waals surface area contributed by atoms with Crippen molar-refractivity contribution in [1.82, 2.24) is 9.97 Å². The lowest BCUT2D eigenvalue weighted by Crippen LogP contribution is -1.99. The number of nitrogens with one attached hydrogen (secondary N) is 1. The summed E-state index contributed by atoms with van der Waals surface area (Å²) in [6.45, 7) is 0.729. The Balaban J connectivity index is 1.82. The SMILES string of the molecule is Clc1nccc2cc(CNc3ccccc3)cnc12. The summed E-state index contributed by atoms with van der Waals surface area (Å²) in [4.78, 5) is 8.38. The van der Waals surface area contributed by atoms with E-state index < -0.39 is 0 Å². The quantitative estimate of drug-likeness (QED) is 0.733. The third-order valence-corrected chi connectivity index (χ3v) is 3.16. The second-order valence-corrected chi connectivity index (χ2v) is 4.59. The van der Waals surface area contributed by atoms with Crippen molar-refractivity contribution in [2.75, 3.05) is 5.32 Å². The van der Waals surface area contributed by atoms with Gasteiger partial charge in [-0.05, 0) is 29.8 Å². The number of nitrogens with zero attached hydrogens (tertiary/aromatic N) is 2. The van der Waals surface area contributed by atoms with Crippen LogP contribution in [0.5, 0.6) is 0 Å². The van der Waals surface area contributed by atoms with E-state index in [4.69, 9.17) is 11.6 Å². The first-order valence-electron chi connectivity index (χ1n) is 6.01. The number of fused-ring (bicyclic) bond motifs is 1. The molecular formula is C15H12ClN3. The summed E-state index contributed by atoms with van der Waals surface area (Å²) >= 11 is 5.99. The highest BCUT2D eigenvalue weighted by molar-refractivity contribution is 6.33. The van der Waals surface area contributed by atoms with Crippen LogP contribution in [0.15, 0.2) is 54.9 Å². The molecule has 19 heavy (non-hydrogen) atoms. The van der Waals surface area contributed by atoms with Gasteiger partial charge in [0.2, 0.25) is 0 Å². The second kappa shape index (κ2) is 5.24. The first-order valence-corrected chi connectivity index (χ1v) is 6.39. The van der Waals surface area contributed by atoms with Crippen LogP contribution < -0.4 is 5.32 Å². The average molecular weight is 270 g/mol. The minimum Gasteiger partial charge on any atom is -0.381 e. The Kier molecular flexibility index (Phi) is 3.29. The van der Waals surface area contributed by atoms with E-state index in [2.05, 4.69) is 21.4 Å². The van der Waals surface area contributed by atoms with Crippen LogP contribution in [0.1, 0.15) is 5.56 Å². The van der Waals surface area contributed by atoms with Gasteiger partial charge < -0.3 is 5.32 Å². The zero-order valence-electron chi connectivity index (χ0n) is 10.2. The molecule has 0 bridgehead atoms. The minimum absolute atomic E-state index is 0.445. The molecule has 3 nitrogen and oxygen atoms in total. The molecule has 0 atom stereocenters. The number of pyridine rings is 2. The summed E-state index contributed by atoms with van der Waals surface area (Å²) in [5, 5.41) is 4.80. The molecule has 0 spiro atoms. The van der Waals surface area contributed by atoms with Crippen molar-refractivity contribution in [2.45, 2.75) is 6.54 Å². The third kappa shape index (κ3) is 2.66. The molecule has 1 N–H and O–H groups in total. The Morgan fingerprint density at radius 2 is 1.89 bits per heavy atom. The van der Waals surface area contributed by atoms with Gasteiger partial charge in [0.15, 0.2) is 5.15 Å². The summed E-state index contributed by atoms with van der Waals surface area (Å²) in [5.41, 5.74) is 2.95. The van der Waals surface area contributed by atoms with Gasteiger partial charge in [0.1, 0.15) is 5.52 Å². The van der Waals surface area contributed by atoms with Gasteiger partial charge in [-0.15, -0.1) is 0 Å². The molecule has 2 aromatic heterocycles. The van der Waals surface area contributed by atoms with Gasteiger partial charge in [0.05, 0.1) is 0 Å². The van der Waals surface area contributed by atoms with Crippen molar-refractivity contribution in [3.8, 4) is 0 Å². The van der Waals surface area contributed by atoms with Crippen LogP contribution in [0, 0.1) is 0 Å². The fraction of sp³-hybridized carbons (Fsp3) is 0.0667. The maximum absolute atomic E-state index is 5.99. The van der Waals surface area contributed by atoms with E-state index in [0.717, 1.165) is 28.7 Å². The number of benzene rings is 1. The molecule has 2 heterocycles. The van der Waals surface area contributed by atoms with Crippen molar-refractivity contribution in [1.29, 1.82) is 0 Å². The zero-order chi connectivity index (χ0) is 13.1. The first-order chi connectivity index (χ1) is 9.33. The molecule has 0 saturated heterocycles. The fourth-order valence-corrected chi connectivity index (χ4v) is 2.14. The van der Waals surface area contributed by atoms with Crippen molar-refractivity contribution in [2.24, 2.45) is 0 Å². The molecule has 0 saturated carbocycles. The zero-order valence-corrected chi connectivity index (χ0v) is 10.9. The molecule has 0 unspecified atom stereocenters. The smallest absolute Gasteiger partial charge is 0.155 e. The lowest BCUT2D eigenvalue weighted by molar-refractivity contribution is 1.13. The Hall–Kier alpha value is -2.13. The molecular weight excluding hydrogens is 258 g/mol. The van der Waals surface area contributed by atoms with Gasteiger partial charge in [-0.3, -0.25) is 4.98 Å². The number of para-hydroxylation sites is 1. The largest absolute Gasteiger partial charge is 0.381 e. The van der Waals surface area contributed by atoms with E-state index in [0.29, 0.717) is 5.15 Å². The van der Waals surface area contributed by atoms with E-state index in [1.165, 1.54) is 0 Å². The summed E-state index contributed by atoms with van der Waals surface area (Å²) < 4.78 is 0. The number of rotatable bonds is 3. The van der Waals surface area contributed by atoms with Crippen LogP contribution >= 0.6 is 11.6 Å². The van der Waals surface area contributed by atoms with Crippen LogP contribution in [0.25, 0.3) is 10.9 Å². The van der Waals surface area contributed by atoms with Crippen molar-refractivity contribution in [3.05, 3.63) is 65.6 Å². The highest BCUT2D eigenvalue weighted by Crippen LogP contribution is 2.19. The minimum atomic E-state index is 0.445. The van der Waals surface area contributed by atoms with Gasteiger partial charge >= 0.3 is 0 Å². The van der Waals surface area contributed by atoms with Gasteiger partial charge in [-0.25, -0.2) is 4.98 Å². The molecule has 3 rings (SSSR count). The van der Waals surface area contributed by atoms with Crippen LogP contribution in [-0.4, -0.2) is 9.97 Å². The molecule has 0 radical (unpaired) electrons. The van der Waals surface area contributed by atoms with E-state index in [9.17, 15) is 0 Å². The highest BCUT2D eigenvalue weighted by Gasteiger charge is 2.02. The average Bonchev–Trinajstić information content (AvgIpc) is 2.46. The lowest BCUT2D eigenvalue weighted by atomic mass is 10.2. The normalized spacial score (nSPS) is 10.6. The molecule has 4 heteroatoms. The molecule has 3 aromatic rings. The topological polar surface area (TPSA) is 37.8 Å². The van der Waals surface area contributed by atoms with E-state index in [-0.39, 0.29) is 0 Å². The molecule has 0 aliphatic heterocycles. The monoisotopic (exact) mass is 269 g/mol. The van der Waals surface area contributed by atoms with Crippen LogP contribution in [-0.2, 0) is 6.54 Å². The van der Waals surface area contributed by atoms with E-state index in [1.807, 2.05) is 42.6 Å². The first kappa shape index (κ1) is 11.9. The summed E-state index contributed by atoms with van der Waals surface area (Å²) in [5.74, 6) is 0. The molecule has 94 valence electrons. The number of aromatic nitrogens is 2. The number of halogens is 1. The van der Waals surface area contributed by atoms with Crippen molar-refractivity contribution < 1.29 is 0 Å². The molecule has 0 aliphatic carbocycles. The Labute approximate surface area is 116 Å². The van der Waals surface area contributed by atoms with Gasteiger partial charge in [-0.2, -0.15) is 0 Å². The molecule has 1 aromatic carbocycles. The number of hydrogen-bond donors (Lipinski definition) is 1. The fourth-order valence-electron chi connectivity index (χ4n) is 1.93. The van der Waals surface area contributed by atoms with Crippen LogP contribution in [0.4, 0.5) is 5.69 Å². The summed E-state index contributed by atoms with van der Waals surface area (Å²) in [7, 11) is 0. The van der Waals surface area contributed by atoms with Gasteiger partial charge in [-0.1, -0.05) is 29.8 Å². The van der Waals surface area contributed by atoms with E-state index in [1.54, 1.807) is 6.20 Å². The predicted molar refractivity (Wildman–Crippen MR) is 78.3 cm³/mol. The lowest BCUT2D eigenvalue weighted by Gasteiger charge is -2.07. The standard InChI is InChI=1S/C15H12ClN3/c16-15-14-12(6-7-17-15)8-11(10-19-14)9-18-13-4-2-1-3-5-13/h1-8,10,18H,9H2. The summed E-state index contributed by atoms with van der Waals surface area (Å²) in [6.07, 6.45) is 3.52. The molecule has 0 aliphatic rings. The highest BCUT2D eigenvalue weighted by atomic mass is 35.5. The Morgan fingerprint density at radius 1 is 1.05 bits per heavy atom. The maximum Gasteiger partial charge on any atom is 0.155 e. The van der Waals surface area contributed by atoms with Crippen LogP contribution in [0.2, 0.25) is 5.15 Å². The van der Waals surface area contributed by atoms with Crippen molar-refractivity contribution >= 4 is 28.2 Å². The number of hydrogen-bond acceptors (Lipinski definition) is 3. The Morgan fingerprint density at radius 3 is 2.74 bits per heavy atom. The predicted octanol–water partition coefficient (Wildman–Crippen LogP) is 3.90. The van der Waals surface area contributed by atoms with Crippen molar-refractivity contribution in [3.63, 3.8) is 0 Å². The van der Waals surface area contributed by atoms with E-state index >= 15 is 0 Å². The Bertz CT molecular complexity index is 698.